The second kappa shape index (κ2) is 7.38. The molecule has 2 nitrogen and oxygen atoms in total. The predicted octanol–water partition coefficient (Wildman–Crippen LogP) is 4.79. The van der Waals surface area contributed by atoms with Gasteiger partial charge in [0.05, 0.1) is 11.6 Å². The topological polar surface area (TPSA) is 27.0 Å². The molecule has 1 saturated heterocycles. The van der Waals surface area contributed by atoms with E-state index in [1.165, 1.54) is 0 Å². The van der Waals surface area contributed by atoms with Crippen molar-refractivity contribution in [1.29, 1.82) is 5.26 Å². The molecular weight excluding hydrogens is 316 g/mol. The molecule has 0 aliphatic carbocycles. The van der Waals surface area contributed by atoms with E-state index in [0.29, 0.717) is 0 Å². The Kier molecular flexibility index (Phi) is 5.23. The van der Waals surface area contributed by atoms with Gasteiger partial charge in [-0.1, -0.05) is 67.6 Å². The van der Waals surface area contributed by atoms with Gasteiger partial charge in [-0.2, -0.15) is 5.26 Å². The zero-order chi connectivity index (χ0) is 17.0. The van der Waals surface area contributed by atoms with Gasteiger partial charge >= 0.3 is 0 Å². The van der Waals surface area contributed by atoms with Gasteiger partial charge in [0.15, 0.2) is 0 Å². The summed E-state index contributed by atoms with van der Waals surface area (Å²) in [6.07, 6.45) is 1.52. The largest absolute Gasteiger partial charge is 0.287 e. The van der Waals surface area contributed by atoms with E-state index >= 15 is 0 Å². The number of rotatable bonds is 6. The Morgan fingerprint density at radius 1 is 1.08 bits per heavy atom. The predicted molar refractivity (Wildman–Crippen MR) is 98.9 cm³/mol. The van der Waals surface area contributed by atoms with Crippen molar-refractivity contribution in [3.8, 4) is 6.07 Å². The van der Waals surface area contributed by atoms with E-state index in [9.17, 15) is 5.26 Å². The molecule has 1 atom stereocenters. The zero-order valence-electron chi connectivity index (χ0n) is 14.0. The van der Waals surface area contributed by atoms with Crippen LogP contribution in [0.25, 0.3) is 0 Å². The number of hydrogen-bond donors (Lipinski definition) is 0. The lowest BCUT2D eigenvalue weighted by Gasteiger charge is -2.41. The first-order valence-corrected chi connectivity index (χ1v) is 9.00. The maximum atomic E-state index is 10.1. The summed E-state index contributed by atoms with van der Waals surface area (Å²) in [6.45, 7) is 4.36. The number of hydrogen-bond acceptors (Lipinski definition) is 2. The number of halogens is 1. The molecule has 0 N–H and O–H groups in total. The van der Waals surface area contributed by atoms with Crippen molar-refractivity contribution in [2.24, 2.45) is 5.92 Å². The van der Waals surface area contributed by atoms with Crippen molar-refractivity contribution in [2.45, 2.75) is 30.7 Å². The van der Waals surface area contributed by atoms with Crippen molar-refractivity contribution in [3.63, 3.8) is 0 Å². The molecule has 1 unspecified atom stereocenters. The molecule has 2 aromatic carbocycles. The van der Waals surface area contributed by atoms with Crippen LogP contribution in [0.1, 0.15) is 30.9 Å². The molecule has 0 aromatic heterocycles. The van der Waals surface area contributed by atoms with Crippen LogP contribution in [0.4, 0.5) is 0 Å². The molecule has 24 heavy (non-hydrogen) atoms. The highest BCUT2D eigenvalue weighted by atomic mass is 35.5. The molecule has 124 valence electrons. The Labute approximate surface area is 149 Å². The second-order valence-corrected chi connectivity index (χ2v) is 7.29. The maximum absolute atomic E-state index is 10.1. The first kappa shape index (κ1) is 17.0. The lowest BCUT2D eigenvalue weighted by Crippen LogP contribution is -2.49. The van der Waals surface area contributed by atoms with Crippen molar-refractivity contribution in [2.75, 3.05) is 13.1 Å². The monoisotopic (exact) mass is 338 g/mol. The third-order valence-electron chi connectivity index (χ3n) is 4.97. The highest BCUT2D eigenvalue weighted by Crippen LogP contribution is 2.38. The summed E-state index contributed by atoms with van der Waals surface area (Å²) in [5, 5.41) is 10.1. The zero-order valence-corrected chi connectivity index (χ0v) is 14.8. The minimum atomic E-state index is -0.647. The first-order chi connectivity index (χ1) is 11.7. The molecule has 1 heterocycles. The van der Waals surface area contributed by atoms with Gasteiger partial charge in [0.1, 0.15) is 5.41 Å². The minimum absolute atomic E-state index is 0.00125. The third-order valence-corrected chi connectivity index (χ3v) is 5.46. The number of benzene rings is 2. The summed E-state index contributed by atoms with van der Waals surface area (Å²) in [5.41, 5.74) is 1.44. The van der Waals surface area contributed by atoms with Gasteiger partial charge in [-0.3, -0.25) is 4.90 Å². The number of alkyl halides is 1. The molecule has 0 spiro atoms. The van der Waals surface area contributed by atoms with Crippen molar-refractivity contribution >= 4 is 11.6 Å². The fourth-order valence-electron chi connectivity index (χ4n) is 3.58. The Morgan fingerprint density at radius 3 is 2.00 bits per heavy atom. The number of nitriles is 1. The molecule has 1 aliphatic rings. The molecule has 2 aromatic rings. The van der Waals surface area contributed by atoms with E-state index in [0.717, 1.165) is 43.0 Å². The molecular formula is C21H23ClN2. The number of nitrogens with zero attached hydrogens (tertiary/aromatic N) is 2. The third kappa shape index (κ3) is 3.34. The van der Waals surface area contributed by atoms with Crippen LogP contribution in [0.5, 0.6) is 0 Å². The maximum Gasteiger partial charge on any atom is 0.107 e. The molecule has 1 fully saturated rings. The minimum Gasteiger partial charge on any atom is -0.287 e. The Hall–Kier alpha value is -1.82. The van der Waals surface area contributed by atoms with Crippen LogP contribution in [0, 0.1) is 17.2 Å². The quantitative estimate of drug-likeness (QED) is 0.559. The summed E-state index contributed by atoms with van der Waals surface area (Å²) >= 11 is 6.60. The van der Waals surface area contributed by atoms with Crippen LogP contribution in [0.3, 0.4) is 0 Å². The van der Waals surface area contributed by atoms with Crippen molar-refractivity contribution in [3.05, 3.63) is 71.8 Å². The van der Waals surface area contributed by atoms with E-state index in [1.54, 1.807) is 0 Å². The SMILES string of the molecule is CC1CN(C(Cl)CCC(C#N)(c2ccccc2)c2ccccc2)C1. The van der Waals surface area contributed by atoms with E-state index in [4.69, 9.17) is 11.6 Å². The highest BCUT2D eigenvalue weighted by molar-refractivity contribution is 6.20. The smallest absolute Gasteiger partial charge is 0.107 e. The number of likely N-dealkylation sites (tertiary alicyclic amines) is 1. The van der Waals surface area contributed by atoms with Crippen LogP contribution < -0.4 is 0 Å². The van der Waals surface area contributed by atoms with E-state index in [2.05, 4.69) is 17.9 Å². The normalized spacial score (nSPS) is 17.0. The van der Waals surface area contributed by atoms with E-state index in [1.807, 2.05) is 60.7 Å². The lowest BCUT2D eigenvalue weighted by atomic mass is 9.72. The van der Waals surface area contributed by atoms with Gasteiger partial charge in [0.2, 0.25) is 0 Å². The summed E-state index contributed by atoms with van der Waals surface area (Å²) in [5.74, 6) is 0.732. The van der Waals surface area contributed by atoms with Crippen LogP contribution in [-0.2, 0) is 5.41 Å². The van der Waals surface area contributed by atoms with Gasteiger partial charge in [-0.05, 0) is 29.9 Å². The fourth-order valence-corrected chi connectivity index (χ4v) is 3.85. The first-order valence-electron chi connectivity index (χ1n) is 8.56. The summed E-state index contributed by atoms with van der Waals surface area (Å²) < 4.78 is 0. The molecule has 0 saturated carbocycles. The molecule has 3 rings (SSSR count). The standard InChI is InChI=1S/C21H23ClN2/c1-17-14-24(15-17)20(22)12-13-21(16-23,18-8-4-2-5-9-18)19-10-6-3-7-11-19/h2-11,17,20H,12-15H2,1H3. The Balaban J connectivity index is 1.86. The average Bonchev–Trinajstić information content (AvgIpc) is 2.61. The molecule has 3 heteroatoms. The van der Waals surface area contributed by atoms with Gasteiger partial charge in [0.25, 0.3) is 0 Å². The summed E-state index contributed by atoms with van der Waals surface area (Å²) in [4.78, 5) is 2.30. The van der Waals surface area contributed by atoms with Gasteiger partial charge in [-0.15, -0.1) is 11.6 Å². The van der Waals surface area contributed by atoms with Crippen LogP contribution in [0.15, 0.2) is 60.7 Å². The van der Waals surface area contributed by atoms with E-state index in [-0.39, 0.29) is 5.50 Å². The van der Waals surface area contributed by atoms with E-state index < -0.39 is 5.41 Å². The lowest BCUT2D eigenvalue weighted by molar-refractivity contribution is 0.0911. The fraction of sp³-hybridized carbons (Fsp3) is 0.381. The second-order valence-electron chi connectivity index (χ2n) is 6.78. The van der Waals surface area contributed by atoms with Gasteiger partial charge in [-0.25, -0.2) is 0 Å². The molecule has 0 bridgehead atoms. The van der Waals surface area contributed by atoms with Crippen molar-refractivity contribution in [1.82, 2.24) is 4.90 Å². The Bertz CT molecular complexity index is 647. The average molecular weight is 339 g/mol. The van der Waals surface area contributed by atoms with Crippen LogP contribution in [0.2, 0.25) is 0 Å². The molecule has 0 radical (unpaired) electrons. The van der Waals surface area contributed by atoms with Crippen LogP contribution in [-0.4, -0.2) is 23.5 Å². The Morgan fingerprint density at radius 2 is 1.58 bits per heavy atom. The summed E-state index contributed by atoms with van der Waals surface area (Å²) in [7, 11) is 0. The molecule has 0 amide bonds. The molecule has 1 aliphatic heterocycles. The van der Waals surface area contributed by atoms with Gasteiger partial charge in [0, 0.05) is 13.1 Å². The van der Waals surface area contributed by atoms with Crippen LogP contribution >= 0.6 is 11.6 Å². The van der Waals surface area contributed by atoms with Crippen molar-refractivity contribution < 1.29 is 0 Å². The highest BCUT2D eigenvalue weighted by Gasteiger charge is 2.36. The van der Waals surface area contributed by atoms with Gasteiger partial charge < -0.3 is 0 Å². The summed E-state index contributed by atoms with van der Waals surface area (Å²) in [6, 6.07) is 22.8.